The Kier molecular flexibility index (Phi) is 5.97. The summed E-state index contributed by atoms with van der Waals surface area (Å²) in [5.41, 5.74) is 3.53. The number of nitriles is 3. The Balaban J connectivity index is 2.03. The third kappa shape index (κ3) is 3.78. The number of carbonyl (C=O) groups excluding carboxylic acids is 1. The van der Waals surface area contributed by atoms with Crippen molar-refractivity contribution in [2.45, 2.75) is 20.4 Å². The predicted octanol–water partition coefficient (Wildman–Crippen LogP) is 3.73. The van der Waals surface area contributed by atoms with Crippen molar-refractivity contribution >= 4 is 17.2 Å². The molecule has 146 valence electrons. The third-order valence-electron chi connectivity index (χ3n) is 4.99. The van der Waals surface area contributed by atoms with E-state index in [9.17, 15) is 10.1 Å². The van der Waals surface area contributed by atoms with Gasteiger partial charge in [-0.1, -0.05) is 36.4 Å². The molecule has 2 aromatic carbocycles. The first-order chi connectivity index (χ1) is 14.5. The van der Waals surface area contributed by atoms with Crippen LogP contribution in [0.4, 0.5) is 5.69 Å². The van der Waals surface area contributed by atoms with Gasteiger partial charge in [-0.05, 0) is 42.7 Å². The zero-order chi connectivity index (χ0) is 21.7. The quantitative estimate of drug-likeness (QED) is 0.780. The first-order valence-electron chi connectivity index (χ1n) is 9.44. The van der Waals surface area contributed by atoms with Crippen LogP contribution in [0.5, 0.6) is 0 Å². The topological polar surface area (TPSA) is 104 Å². The number of amides is 1. The van der Waals surface area contributed by atoms with Crippen LogP contribution in [0.15, 0.2) is 65.4 Å². The minimum Gasteiger partial charge on any atom is -0.367 e. The average molecular weight is 393 g/mol. The summed E-state index contributed by atoms with van der Waals surface area (Å²) < 4.78 is 0. The molecule has 0 aromatic heterocycles. The Hall–Kier alpha value is -4.34. The van der Waals surface area contributed by atoms with Gasteiger partial charge in [0.05, 0.1) is 16.8 Å². The fourth-order valence-corrected chi connectivity index (χ4v) is 3.48. The third-order valence-corrected chi connectivity index (χ3v) is 4.99. The molecule has 3 rings (SSSR count). The normalized spacial score (nSPS) is 12.6. The number of aryl methyl sites for hydroxylation is 1. The maximum Gasteiger partial charge on any atom is 0.257 e. The summed E-state index contributed by atoms with van der Waals surface area (Å²) in [6.07, 6.45) is 0. The van der Waals surface area contributed by atoms with Gasteiger partial charge in [-0.25, -0.2) is 0 Å². The number of allylic oxidation sites excluding steroid dienone is 2. The van der Waals surface area contributed by atoms with Crippen molar-refractivity contribution < 1.29 is 4.79 Å². The van der Waals surface area contributed by atoms with Crippen LogP contribution in [0.25, 0.3) is 5.57 Å². The second kappa shape index (κ2) is 8.78. The van der Waals surface area contributed by atoms with Crippen molar-refractivity contribution in [1.29, 1.82) is 15.8 Å². The molecule has 1 N–H and O–H groups in total. The lowest BCUT2D eigenvalue weighted by atomic mass is 9.95. The number of nitrogens with zero attached hydrogens (tertiary/aromatic N) is 4. The smallest absolute Gasteiger partial charge is 0.257 e. The highest BCUT2D eigenvalue weighted by atomic mass is 16.2. The Morgan fingerprint density at radius 2 is 1.77 bits per heavy atom. The summed E-state index contributed by atoms with van der Waals surface area (Å²) >= 11 is 0. The molecule has 0 fully saturated rings. The minimum absolute atomic E-state index is 0.0191. The van der Waals surface area contributed by atoms with Gasteiger partial charge < -0.3 is 10.2 Å². The van der Waals surface area contributed by atoms with Crippen LogP contribution in [0.2, 0.25) is 0 Å². The Bertz CT molecular complexity index is 1170. The van der Waals surface area contributed by atoms with E-state index in [0.717, 1.165) is 24.3 Å². The zero-order valence-corrected chi connectivity index (χ0v) is 16.7. The molecular weight excluding hydrogens is 374 g/mol. The average Bonchev–Trinajstić information content (AvgIpc) is 3.09. The molecule has 2 aromatic rings. The molecule has 1 aliphatic heterocycles. The number of benzene rings is 2. The van der Waals surface area contributed by atoms with Crippen LogP contribution < -0.4 is 10.2 Å². The molecule has 0 bridgehead atoms. The Morgan fingerprint density at radius 1 is 1.07 bits per heavy atom. The van der Waals surface area contributed by atoms with Gasteiger partial charge in [-0.15, -0.1) is 0 Å². The molecule has 30 heavy (non-hydrogen) atoms. The SMILES string of the molecule is CCN(Cc1ccccc1)c1ccc(C2=C(C#N)C(=C(C#N)C#N)NC2=O)c(C)c1. The number of nitrogens with one attached hydrogen (secondary N) is 1. The van der Waals surface area contributed by atoms with Gasteiger partial charge in [0.25, 0.3) is 5.91 Å². The van der Waals surface area contributed by atoms with Gasteiger partial charge in [0.2, 0.25) is 0 Å². The van der Waals surface area contributed by atoms with E-state index in [-0.39, 0.29) is 22.4 Å². The van der Waals surface area contributed by atoms with Crippen LogP contribution in [-0.4, -0.2) is 12.5 Å². The number of carbonyl (C=O) groups is 1. The number of rotatable bonds is 5. The van der Waals surface area contributed by atoms with Gasteiger partial charge in [-0.2, -0.15) is 15.8 Å². The summed E-state index contributed by atoms with van der Waals surface area (Å²) in [6, 6.07) is 21.3. The summed E-state index contributed by atoms with van der Waals surface area (Å²) in [6.45, 7) is 5.52. The Morgan fingerprint density at radius 3 is 2.33 bits per heavy atom. The molecule has 6 heteroatoms. The lowest BCUT2D eigenvalue weighted by Crippen LogP contribution is -2.22. The molecule has 0 saturated carbocycles. The van der Waals surface area contributed by atoms with E-state index >= 15 is 0 Å². The maximum absolute atomic E-state index is 12.6. The summed E-state index contributed by atoms with van der Waals surface area (Å²) in [7, 11) is 0. The molecule has 0 aliphatic carbocycles. The van der Waals surface area contributed by atoms with Gasteiger partial charge in [0.1, 0.15) is 18.2 Å². The highest BCUT2D eigenvalue weighted by molar-refractivity contribution is 6.26. The van der Waals surface area contributed by atoms with E-state index in [1.807, 2.05) is 49.4 Å². The van der Waals surface area contributed by atoms with E-state index in [4.69, 9.17) is 10.5 Å². The van der Waals surface area contributed by atoms with Crippen molar-refractivity contribution in [3.8, 4) is 18.2 Å². The molecule has 0 radical (unpaired) electrons. The standard InChI is InChI=1S/C24H19N5O/c1-3-29(15-17-7-5-4-6-8-17)19-9-10-20(16(2)11-19)22-21(14-27)23(28-24(22)30)18(12-25)13-26/h4-11H,3,15H2,1-2H3,(H,28,30). The van der Waals surface area contributed by atoms with Crippen LogP contribution in [0, 0.1) is 40.9 Å². The van der Waals surface area contributed by atoms with Gasteiger partial charge in [0, 0.05) is 18.8 Å². The van der Waals surface area contributed by atoms with E-state index in [0.29, 0.717) is 5.56 Å². The van der Waals surface area contributed by atoms with Gasteiger partial charge in [-0.3, -0.25) is 4.79 Å². The Labute approximate surface area is 175 Å². The zero-order valence-electron chi connectivity index (χ0n) is 16.7. The molecule has 1 aliphatic rings. The van der Waals surface area contributed by atoms with Crippen molar-refractivity contribution in [2.75, 3.05) is 11.4 Å². The molecule has 6 nitrogen and oxygen atoms in total. The first kappa shape index (κ1) is 20.4. The lowest BCUT2D eigenvalue weighted by Gasteiger charge is -2.24. The number of hydrogen-bond donors (Lipinski definition) is 1. The van der Waals surface area contributed by atoms with E-state index < -0.39 is 5.91 Å². The second-order valence-electron chi connectivity index (χ2n) is 6.79. The molecular formula is C24H19N5O. The molecule has 0 unspecified atom stereocenters. The van der Waals surface area contributed by atoms with E-state index in [2.05, 4.69) is 29.3 Å². The molecule has 0 saturated heterocycles. The predicted molar refractivity (Wildman–Crippen MR) is 113 cm³/mol. The number of hydrogen-bond acceptors (Lipinski definition) is 5. The largest absolute Gasteiger partial charge is 0.367 e. The highest BCUT2D eigenvalue weighted by Crippen LogP contribution is 2.33. The van der Waals surface area contributed by atoms with Crippen LogP contribution in [0.3, 0.4) is 0 Å². The molecule has 1 heterocycles. The van der Waals surface area contributed by atoms with Crippen LogP contribution in [0.1, 0.15) is 23.6 Å². The van der Waals surface area contributed by atoms with E-state index in [1.54, 1.807) is 12.1 Å². The maximum atomic E-state index is 12.6. The van der Waals surface area contributed by atoms with Crippen molar-refractivity contribution in [3.05, 3.63) is 82.1 Å². The van der Waals surface area contributed by atoms with E-state index in [1.165, 1.54) is 5.56 Å². The summed E-state index contributed by atoms with van der Waals surface area (Å²) in [4.78, 5) is 14.8. The summed E-state index contributed by atoms with van der Waals surface area (Å²) in [5, 5.41) is 30.4. The fourth-order valence-electron chi connectivity index (χ4n) is 3.48. The minimum atomic E-state index is -0.489. The molecule has 1 amide bonds. The lowest BCUT2D eigenvalue weighted by molar-refractivity contribution is -0.114. The van der Waals surface area contributed by atoms with Crippen LogP contribution >= 0.6 is 0 Å². The first-order valence-corrected chi connectivity index (χ1v) is 9.44. The van der Waals surface area contributed by atoms with Gasteiger partial charge >= 0.3 is 0 Å². The molecule has 0 spiro atoms. The van der Waals surface area contributed by atoms with Gasteiger partial charge in [0.15, 0.2) is 5.57 Å². The highest BCUT2D eigenvalue weighted by Gasteiger charge is 2.32. The second-order valence-corrected chi connectivity index (χ2v) is 6.79. The number of anilines is 1. The van der Waals surface area contributed by atoms with Crippen molar-refractivity contribution in [1.82, 2.24) is 5.32 Å². The monoisotopic (exact) mass is 393 g/mol. The molecule has 0 atom stereocenters. The van der Waals surface area contributed by atoms with Crippen LogP contribution in [-0.2, 0) is 11.3 Å². The fraction of sp³-hybridized carbons (Fsp3) is 0.167. The van der Waals surface area contributed by atoms with Crippen molar-refractivity contribution in [3.63, 3.8) is 0 Å². The van der Waals surface area contributed by atoms with Crippen molar-refractivity contribution in [2.24, 2.45) is 0 Å². The summed E-state index contributed by atoms with van der Waals surface area (Å²) in [5.74, 6) is -0.489.